The molecule has 0 bridgehead atoms. The molecular formula is C10H14N4O. The Balaban J connectivity index is 2.70. The van der Waals surface area contributed by atoms with Crippen molar-refractivity contribution in [3.8, 4) is 12.3 Å². The predicted molar refractivity (Wildman–Crippen MR) is 58.0 cm³/mol. The van der Waals surface area contributed by atoms with Gasteiger partial charge in [0.05, 0.1) is 6.20 Å². The van der Waals surface area contributed by atoms with E-state index in [1.807, 2.05) is 6.92 Å². The minimum atomic E-state index is -0.247. The van der Waals surface area contributed by atoms with E-state index in [1.165, 1.54) is 10.9 Å². The minimum Gasteiger partial charge on any atom is -0.383 e. The molecular weight excluding hydrogens is 192 g/mol. The molecule has 3 N–H and O–H groups in total. The molecule has 5 nitrogen and oxygen atoms in total. The third-order valence-corrected chi connectivity index (χ3v) is 2.03. The number of hydrogen-bond acceptors (Lipinski definition) is 3. The average Bonchev–Trinajstić information content (AvgIpc) is 2.48. The zero-order chi connectivity index (χ0) is 11.4. The molecule has 80 valence electrons. The molecule has 0 radical (unpaired) electrons. The van der Waals surface area contributed by atoms with Gasteiger partial charge in [-0.3, -0.25) is 9.48 Å². The van der Waals surface area contributed by atoms with E-state index in [0.717, 1.165) is 0 Å². The molecule has 0 fully saturated rings. The summed E-state index contributed by atoms with van der Waals surface area (Å²) in [6.45, 7) is 1.84. The SMILES string of the molecule is C#CCC(C)NC(=O)c1cnn(C)c1N. The van der Waals surface area contributed by atoms with Gasteiger partial charge in [-0.2, -0.15) is 5.10 Å². The Morgan fingerprint density at radius 1 is 1.87 bits per heavy atom. The first-order chi connectivity index (χ1) is 7.06. The van der Waals surface area contributed by atoms with Crippen LogP contribution in [0.5, 0.6) is 0 Å². The first-order valence-electron chi connectivity index (χ1n) is 4.58. The molecule has 0 aliphatic carbocycles. The highest BCUT2D eigenvalue weighted by Crippen LogP contribution is 2.09. The van der Waals surface area contributed by atoms with Crippen molar-refractivity contribution in [3.63, 3.8) is 0 Å². The highest BCUT2D eigenvalue weighted by molar-refractivity contribution is 5.98. The summed E-state index contributed by atoms with van der Waals surface area (Å²) in [6, 6.07) is -0.0675. The van der Waals surface area contributed by atoms with Crippen molar-refractivity contribution < 1.29 is 4.79 Å². The molecule has 0 aliphatic heterocycles. The van der Waals surface area contributed by atoms with Gasteiger partial charge in [0, 0.05) is 19.5 Å². The Morgan fingerprint density at radius 3 is 3.00 bits per heavy atom. The molecule has 1 rings (SSSR count). The molecule has 0 aliphatic rings. The van der Waals surface area contributed by atoms with Crippen molar-refractivity contribution in [1.29, 1.82) is 0 Å². The van der Waals surface area contributed by atoms with Crippen LogP contribution in [-0.4, -0.2) is 21.7 Å². The number of nitrogens with zero attached hydrogens (tertiary/aromatic N) is 2. The number of nitrogens with two attached hydrogens (primary N) is 1. The molecule has 1 unspecified atom stereocenters. The van der Waals surface area contributed by atoms with Gasteiger partial charge >= 0.3 is 0 Å². The van der Waals surface area contributed by atoms with Crippen LogP contribution in [0.25, 0.3) is 0 Å². The number of aromatic nitrogens is 2. The minimum absolute atomic E-state index is 0.0675. The first-order valence-corrected chi connectivity index (χ1v) is 4.58. The molecule has 1 aromatic rings. The Kier molecular flexibility index (Phi) is 3.34. The molecule has 1 amide bonds. The number of carbonyl (C=O) groups is 1. The number of anilines is 1. The van der Waals surface area contributed by atoms with Crippen molar-refractivity contribution in [2.75, 3.05) is 5.73 Å². The van der Waals surface area contributed by atoms with Crippen LogP contribution >= 0.6 is 0 Å². The van der Waals surface area contributed by atoms with Crippen LogP contribution in [-0.2, 0) is 7.05 Å². The van der Waals surface area contributed by atoms with Crippen LogP contribution in [0, 0.1) is 12.3 Å². The topological polar surface area (TPSA) is 72.9 Å². The summed E-state index contributed by atoms with van der Waals surface area (Å²) in [6.07, 6.45) is 7.07. The number of aryl methyl sites for hydroxylation is 1. The second-order valence-electron chi connectivity index (χ2n) is 3.35. The Morgan fingerprint density at radius 2 is 2.53 bits per heavy atom. The lowest BCUT2D eigenvalue weighted by atomic mass is 10.2. The highest BCUT2D eigenvalue weighted by atomic mass is 16.1. The number of nitrogen functional groups attached to an aromatic ring is 1. The van der Waals surface area contributed by atoms with E-state index in [4.69, 9.17) is 12.2 Å². The van der Waals surface area contributed by atoms with Gasteiger partial charge in [0.2, 0.25) is 0 Å². The molecule has 5 heteroatoms. The van der Waals surface area contributed by atoms with Gasteiger partial charge in [0.15, 0.2) is 0 Å². The van der Waals surface area contributed by atoms with Crippen LogP contribution in [0.1, 0.15) is 23.7 Å². The lowest BCUT2D eigenvalue weighted by molar-refractivity contribution is 0.0942. The van der Waals surface area contributed by atoms with Crippen molar-refractivity contribution in [3.05, 3.63) is 11.8 Å². The number of carbonyl (C=O) groups excluding carboxylic acids is 1. The monoisotopic (exact) mass is 206 g/mol. The Labute approximate surface area is 88.6 Å². The van der Waals surface area contributed by atoms with E-state index in [-0.39, 0.29) is 11.9 Å². The van der Waals surface area contributed by atoms with Crippen LogP contribution in [0.2, 0.25) is 0 Å². The third kappa shape index (κ3) is 2.50. The van der Waals surface area contributed by atoms with Crippen molar-refractivity contribution in [1.82, 2.24) is 15.1 Å². The van der Waals surface area contributed by atoms with Crippen LogP contribution in [0.3, 0.4) is 0 Å². The maximum atomic E-state index is 11.7. The van der Waals surface area contributed by atoms with Crippen molar-refractivity contribution >= 4 is 11.7 Å². The van der Waals surface area contributed by atoms with Crippen LogP contribution < -0.4 is 11.1 Å². The summed E-state index contributed by atoms with van der Waals surface area (Å²) >= 11 is 0. The molecule has 0 aromatic carbocycles. The Hall–Kier alpha value is -1.96. The summed E-state index contributed by atoms with van der Waals surface area (Å²) in [4.78, 5) is 11.7. The summed E-state index contributed by atoms with van der Waals surface area (Å²) in [5.41, 5.74) is 6.03. The molecule has 0 saturated carbocycles. The molecule has 1 atom stereocenters. The maximum Gasteiger partial charge on any atom is 0.256 e. The molecule has 0 spiro atoms. The van der Waals surface area contributed by atoms with Gasteiger partial charge in [-0.15, -0.1) is 12.3 Å². The van der Waals surface area contributed by atoms with Gasteiger partial charge in [-0.1, -0.05) is 0 Å². The second kappa shape index (κ2) is 4.51. The highest BCUT2D eigenvalue weighted by Gasteiger charge is 2.14. The summed E-state index contributed by atoms with van der Waals surface area (Å²) in [7, 11) is 1.68. The predicted octanol–water partition coefficient (Wildman–Crippen LogP) is 0.144. The fraction of sp³-hybridized carbons (Fsp3) is 0.400. The maximum absolute atomic E-state index is 11.7. The zero-order valence-corrected chi connectivity index (χ0v) is 8.82. The van der Waals surface area contributed by atoms with E-state index in [9.17, 15) is 4.79 Å². The lowest BCUT2D eigenvalue weighted by Crippen LogP contribution is -2.32. The Bertz CT molecular complexity index is 402. The van der Waals surface area contributed by atoms with E-state index in [2.05, 4.69) is 16.3 Å². The van der Waals surface area contributed by atoms with E-state index < -0.39 is 0 Å². The number of nitrogens with one attached hydrogen (secondary N) is 1. The van der Waals surface area contributed by atoms with E-state index in [1.54, 1.807) is 7.05 Å². The first kappa shape index (κ1) is 11.1. The van der Waals surface area contributed by atoms with Crippen molar-refractivity contribution in [2.24, 2.45) is 7.05 Å². The summed E-state index contributed by atoms with van der Waals surface area (Å²) in [5.74, 6) is 2.58. The van der Waals surface area contributed by atoms with Gasteiger partial charge in [-0.25, -0.2) is 0 Å². The third-order valence-electron chi connectivity index (χ3n) is 2.03. The average molecular weight is 206 g/mol. The number of amides is 1. The standard InChI is InChI=1S/C10H14N4O/c1-4-5-7(2)13-10(15)8-6-12-14(3)9(8)11/h1,6-7H,5,11H2,2-3H3,(H,13,15). The number of rotatable bonds is 3. The van der Waals surface area contributed by atoms with Gasteiger partial charge < -0.3 is 11.1 Å². The van der Waals surface area contributed by atoms with Crippen LogP contribution in [0.4, 0.5) is 5.82 Å². The van der Waals surface area contributed by atoms with Crippen LogP contribution in [0.15, 0.2) is 6.20 Å². The fourth-order valence-electron chi connectivity index (χ4n) is 1.15. The lowest BCUT2D eigenvalue weighted by Gasteiger charge is -2.09. The molecule has 1 aromatic heterocycles. The van der Waals surface area contributed by atoms with Gasteiger partial charge in [-0.05, 0) is 6.92 Å². The summed E-state index contributed by atoms with van der Waals surface area (Å²) < 4.78 is 1.45. The quantitative estimate of drug-likeness (QED) is 0.691. The van der Waals surface area contributed by atoms with Crippen molar-refractivity contribution in [2.45, 2.75) is 19.4 Å². The van der Waals surface area contributed by atoms with E-state index >= 15 is 0 Å². The van der Waals surface area contributed by atoms with Gasteiger partial charge in [0.1, 0.15) is 11.4 Å². The van der Waals surface area contributed by atoms with Gasteiger partial charge in [0.25, 0.3) is 5.91 Å². The second-order valence-corrected chi connectivity index (χ2v) is 3.35. The zero-order valence-electron chi connectivity index (χ0n) is 8.82. The van der Waals surface area contributed by atoms with E-state index in [0.29, 0.717) is 17.8 Å². The fourth-order valence-corrected chi connectivity index (χ4v) is 1.15. The molecule has 15 heavy (non-hydrogen) atoms. The number of hydrogen-bond donors (Lipinski definition) is 2. The largest absolute Gasteiger partial charge is 0.383 e. The molecule has 1 heterocycles. The smallest absolute Gasteiger partial charge is 0.256 e. The normalized spacial score (nSPS) is 11.8. The molecule has 0 saturated heterocycles. The number of terminal acetylenes is 1. The summed E-state index contributed by atoms with van der Waals surface area (Å²) in [5, 5.41) is 6.62.